The van der Waals surface area contributed by atoms with Crippen molar-refractivity contribution >= 4 is 5.91 Å². The second-order valence-corrected chi connectivity index (χ2v) is 8.34. The van der Waals surface area contributed by atoms with Gasteiger partial charge in [-0.05, 0) is 51.9 Å². The number of carbonyl (C=O) groups is 1. The van der Waals surface area contributed by atoms with Gasteiger partial charge in [-0.15, -0.1) is 0 Å². The van der Waals surface area contributed by atoms with E-state index in [9.17, 15) is 4.79 Å². The van der Waals surface area contributed by atoms with Gasteiger partial charge in [-0.2, -0.15) is 0 Å². The third-order valence-electron chi connectivity index (χ3n) is 5.23. The van der Waals surface area contributed by atoms with Crippen LogP contribution < -0.4 is 11.1 Å². The summed E-state index contributed by atoms with van der Waals surface area (Å²) in [6.45, 7) is 7.00. The Kier molecular flexibility index (Phi) is 6.09. The molecule has 2 aromatic heterocycles. The number of pyridine rings is 2. The zero-order chi connectivity index (χ0) is 20.9. The van der Waals surface area contributed by atoms with Crippen molar-refractivity contribution in [3.63, 3.8) is 0 Å². The van der Waals surface area contributed by atoms with Crippen LogP contribution in [0.25, 0.3) is 0 Å². The van der Waals surface area contributed by atoms with Gasteiger partial charge in [-0.25, -0.2) is 0 Å². The summed E-state index contributed by atoms with van der Waals surface area (Å²) in [6, 6.07) is 15.8. The minimum atomic E-state index is -1.04. The first-order valence-corrected chi connectivity index (χ1v) is 9.75. The summed E-state index contributed by atoms with van der Waals surface area (Å²) in [5.41, 5.74) is 9.08. The molecule has 0 fully saturated rings. The van der Waals surface area contributed by atoms with Crippen molar-refractivity contribution in [3.8, 4) is 0 Å². The molecule has 0 saturated heterocycles. The first kappa shape index (κ1) is 20.7. The number of nitrogens with two attached hydrogens (primary N) is 1. The van der Waals surface area contributed by atoms with E-state index in [2.05, 4.69) is 48.2 Å². The topological polar surface area (TPSA) is 80.9 Å². The van der Waals surface area contributed by atoms with Crippen molar-refractivity contribution in [2.75, 3.05) is 0 Å². The zero-order valence-electron chi connectivity index (χ0n) is 17.2. The number of carbonyl (C=O) groups excluding carboxylic acids is 1. The molecule has 5 nitrogen and oxygen atoms in total. The molecule has 0 aliphatic heterocycles. The number of rotatable bonds is 7. The average Bonchev–Trinajstić information content (AvgIpc) is 2.72. The summed E-state index contributed by atoms with van der Waals surface area (Å²) < 4.78 is 0. The van der Waals surface area contributed by atoms with Gasteiger partial charge in [0.25, 0.3) is 0 Å². The molecule has 2 heterocycles. The smallest absolute Gasteiger partial charge is 0.242 e. The van der Waals surface area contributed by atoms with Crippen LogP contribution in [0.15, 0.2) is 73.3 Å². The lowest BCUT2D eigenvalue weighted by atomic mass is 9.80. The maximum atomic E-state index is 12.9. The van der Waals surface area contributed by atoms with Crippen molar-refractivity contribution in [1.82, 2.24) is 15.3 Å². The maximum Gasteiger partial charge on any atom is 0.242 e. The van der Waals surface area contributed by atoms with Crippen molar-refractivity contribution in [1.29, 1.82) is 0 Å². The predicted molar refractivity (Wildman–Crippen MR) is 115 cm³/mol. The highest BCUT2D eigenvalue weighted by Crippen LogP contribution is 2.30. The zero-order valence-corrected chi connectivity index (χ0v) is 17.2. The van der Waals surface area contributed by atoms with Crippen LogP contribution in [0.2, 0.25) is 0 Å². The average molecular weight is 389 g/mol. The first-order chi connectivity index (χ1) is 13.8. The third-order valence-corrected chi connectivity index (χ3v) is 5.23. The number of aromatic nitrogens is 2. The van der Waals surface area contributed by atoms with Crippen LogP contribution in [0.1, 0.15) is 43.0 Å². The molecular formula is C24H28N4O. The number of primary amides is 1. The van der Waals surface area contributed by atoms with Crippen molar-refractivity contribution < 1.29 is 4.79 Å². The fraction of sp³-hybridized carbons (Fsp3) is 0.292. The number of hydrogen-bond acceptors (Lipinski definition) is 4. The largest absolute Gasteiger partial charge is 0.368 e. The fourth-order valence-electron chi connectivity index (χ4n) is 3.40. The molecule has 5 heteroatoms. The van der Waals surface area contributed by atoms with Gasteiger partial charge in [-0.1, -0.05) is 45.0 Å². The molecule has 0 saturated carbocycles. The van der Waals surface area contributed by atoms with Crippen LogP contribution in [0.5, 0.6) is 0 Å². The Morgan fingerprint density at radius 1 is 0.828 bits per heavy atom. The van der Waals surface area contributed by atoms with E-state index in [0.29, 0.717) is 13.0 Å². The van der Waals surface area contributed by atoms with Crippen LogP contribution in [0, 0.1) is 0 Å². The third kappa shape index (κ3) is 4.87. The van der Waals surface area contributed by atoms with Crippen LogP contribution in [0.4, 0.5) is 0 Å². The predicted octanol–water partition coefficient (Wildman–Crippen LogP) is 3.49. The normalized spacial score (nSPS) is 13.6. The van der Waals surface area contributed by atoms with Crippen LogP contribution >= 0.6 is 0 Å². The summed E-state index contributed by atoms with van der Waals surface area (Å²) in [5, 5.41) is 3.45. The van der Waals surface area contributed by atoms with E-state index in [0.717, 1.165) is 16.7 Å². The van der Waals surface area contributed by atoms with E-state index in [1.54, 1.807) is 24.8 Å². The monoisotopic (exact) mass is 388 g/mol. The number of nitrogens with one attached hydrogen (secondary N) is 1. The Morgan fingerprint density at radius 2 is 1.31 bits per heavy atom. The van der Waals surface area contributed by atoms with E-state index in [1.807, 2.05) is 36.4 Å². The Hall–Kier alpha value is -3.05. The summed E-state index contributed by atoms with van der Waals surface area (Å²) in [4.78, 5) is 21.0. The molecule has 0 bridgehead atoms. The summed E-state index contributed by atoms with van der Waals surface area (Å²) in [6.07, 6.45) is 7.37. The lowest BCUT2D eigenvalue weighted by Crippen LogP contribution is -2.54. The van der Waals surface area contributed by atoms with Crippen LogP contribution in [-0.2, 0) is 28.7 Å². The van der Waals surface area contributed by atoms with Gasteiger partial charge in [-0.3, -0.25) is 20.1 Å². The molecular weight excluding hydrogens is 360 g/mol. The molecule has 0 aliphatic carbocycles. The standard InChI is InChI=1S/C24H28N4O/c1-23(2,3)20-4-6-21(7-5-20)24(22(25)29,16-18-8-12-26-13-9-18)28-17-19-10-14-27-15-11-19/h4-15,28H,16-17H2,1-3H3,(H2,25,29). The van der Waals surface area contributed by atoms with Crippen LogP contribution in [0.3, 0.4) is 0 Å². The van der Waals surface area contributed by atoms with Gasteiger partial charge in [0.1, 0.15) is 5.54 Å². The second kappa shape index (κ2) is 8.53. The number of nitrogens with zero attached hydrogens (tertiary/aromatic N) is 2. The first-order valence-electron chi connectivity index (χ1n) is 9.75. The molecule has 3 rings (SSSR count). The Bertz CT molecular complexity index is 934. The molecule has 1 unspecified atom stereocenters. The molecule has 0 radical (unpaired) electrons. The molecule has 1 amide bonds. The van der Waals surface area contributed by atoms with Crippen molar-refractivity contribution in [2.24, 2.45) is 5.73 Å². The van der Waals surface area contributed by atoms with E-state index < -0.39 is 11.4 Å². The highest BCUT2D eigenvalue weighted by molar-refractivity contribution is 5.86. The molecule has 0 spiro atoms. The van der Waals surface area contributed by atoms with E-state index in [1.165, 1.54) is 5.56 Å². The van der Waals surface area contributed by atoms with E-state index in [-0.39, 0.29) is 5.41 Å². The Morgan fingerprint density at radius 3 is 1.79 bits per heavy atom. The minimum absolute atomic E-state index is 0.0312. The fourth-order valence-corrected chi connectivity index (χ4v) is 3.40. The molecule has 3 aromatic rings. The van der Waals surface area contributed by atoms with Gasteiger partial charge in [0.15, 0.2) is 0 Å². The van der Waals surface area contributed by atoms with Gasteiger partial charge in [0.2, 0.25) is 5.91 Å². The highest BCUT2D eigenvalue weighted by Gasteiger charge is 2.38. The minimum Gasteiger partial charge on any atom is -0.368 e. The molecule has 29 heavy (non-hydrogen) atoms. The summed E-state index contributed by atoms with van der Waals surface area (Å²) in [5.74, 6) is -0.410. The highest BCUT2D eigenvalue weighted by atomic mass is 16.1. The van der Waals surface area contributed by atoms with Crippen LogP contribution in [-0.4, -0.2) is 15.9 Å². The Balaban J connectivity index is 2.01. The summed E-state index contributed by atoms with van der Waals surface area (Å²) in [7, 11) is 0. The number of hydrogen-bond donors (Lipinski definition) is 2. The number of benzene rings is 1. The van der Waals surface area contributed by atoms with Gasteiger partial charge >= 0.3 is 0 Å². The van der Waals surface area contributed by atoms with Gasteiger partial charge < -0.3 is 5.73 Å². The van der Waals surface area contributed by atoms with Crippen molar-refractivity contribution in [2.45, 2.75) is 44.7 Å². The number of amides is 1. The molecule has 1 atom stereocenters. The lowest BCUT2D eigenvalue weighted by molar-refractivity contribution is -0.125. The molecule has 150 valence electrons. The lowest BCUT2D eigenvalue weighted by Gasteiger charge is -2.33. The quantitative estimate of drug-likeness (QED) is 0.649. The van der Waals surface area contributed by atoms with Gasteiger partial charge in [0, 0.05) is 37.8 Å². The SMILES string of the molecule is CC(C)(C)c1ccc(C(Cc2ccncc2)(NCc2ccncc2)C(N)=O)cc1. The molecule has 0 aliphatic rings. The van der Waals surface area contributed by atoms with Crippen molar-refractivity contribution in [3.05, 3.63) is 95.6 Å². The van der Waals surface area contributed by atoms with Gasteiger partial charge in [0.05, 0.1) is 0 Å². The van der Waals surface area contributed by atoms with E-state index in [4.69, 9.17) is 5.73 Å². The Labute approximate surface area is 172 Å². The molecule has 3 N–H and O–H groups in total. The van der Waals surface area contributed by atoms with E-state index >= 15 is 0 Å². The summed E-state index contributed by atoms with van der Waals surface area (Å²) >= 11 is 0. The second-order valence-electron chi connectivity index (χ2n) is 8.34. The maximum absolute atomic E-state index is 12.9. The molecule has 1 aromatic carbocycles.